The number of aromatic amines is 1. The van der Waals surface area contributed by atoms with Crippen molar-refractivity contribution in [2.75, 3.05) is 0 Å². The standard InChI is InChI=1S/C27H24F4N8O/c28-19-8-15(7-17(9-19)18(10-32)12-33-20-5-6-21(34-13-20)27(29,30)31)11-35-26(40)23-22-25(37-14-36-23)39-24(38-22)16-3-1-2-4-16/h5-10,12-14,16H,1-4,11,32H2,(H,35,40)(H,36,37,38,39). The topological polar surface area (TPSA) is 135 Å². The van der Waals surface area contributed by atoms with E-state index >= 15 is 0 Å². The highest BCUT2D eigenvalue weighted by molar-refractivity contribution is 6.10. The second-order valence-corrected chi connectivity index (χ2v) is 9.33. The minimum Gasteiger partial charge on any atom is -0.404 e. The number of carbonyl (C=O) groups is 1. The number of benzene rings is 1. The van der Waals surface area contributed by atoms with Crippen molar-refractivity contribution >= 4 is 34.5 Å². The van der Waals surface area contributed by atoms with Gasteiger partial charge in [0.05, 0.1) is 11.9 Å². The van der Waals surface area contributed by atoms with E-state index in [0.717, 1.165) is 49.8 Å². The van der Waals surface area contributed by atoms with Crippen molar-refractivity contribution in [3.05, 3.63) is 83.2 Å². The van der Waals surface area contributed by atoms with Gasteiger partial charge in [0, 0.05) is 30.5 Å². The lowest BCUT2D eigenvalue weighted by molar-refractivity contribution is -0.141. The Morgan fingerprint density at radius 1 is 1.15 bits per heavy atom. The number of nitrogens with zero attached hydrogens (tertiary/aromatic N) is 5. The van der Waals surface area contributed by atoms with Gasteiger partial charge in [0.2, 0.25) is 0 Å². The number of alkyl halides is 3. The Balaban J connectivity index is 1.30. The molecule has 1 amide bonds. The number of hydrogen-bond donors (Lipinski definition) is 3. The monoisotopic (exact) mass is 552 g/mol. The van der Waals surface area contributed by atoms with E-state index < -0.39 is 23.6 Å². The largest absolute Gasteiger partial charge is 0.433 e. The quantitative estimate of drug-likeness (QED) is 0.213. The van der Waals surface area contributed by atoms with Crippen LogP contribution in [0.3, 0.4) is 0 Å². The number of rotatable bonds is 7. The highest BCUT2D eigenvalue weighted by atomic mass is 19.4. The summed E-state index contributed by atoms with van der Waals surface area (Å²) in [4.78, 5) is 36.5. The fourth-order valence-corrected chi connectivity index (χ4v) is 4.58. The maximum Gasteiger partial charge on any atom is 0.433 e. The molecule has 1 aliphatic rings. The number of nitrogens with one attached hydrogen (secondary N) is 2. The van der Waals surface area contributed by atoms with Gasteiger partial charge in [-0.1, -0.05) is 12.8 Å². The van der Waals surface area contributed by atoms with Gasteiger partial charge < -0.3 is 16.0 Å². The second kappa shape index (κ2) is 11.2. The molecule has 0 radical (unpaired) electrons. The van der Waals surface area contributed by atoms with Crippen molar-refractivity contribution < 1.29 is 22.4 Å². The smallest absolute Gasteiger partial charge is 0.404 e. The third kappa shape index (κ3) is 5.98. The predicted octanol–water partition coefficient (Wildman–Crippen LogP) is 5.20. The van der Waals surface area contributed by atoms with E-state index in [2.05, 4.69) is 35.2 Å². The number of hydrogen-bond acceptors (Lipinski definition) is 7. The lowest BCUT2D eigenvalue weighted by atomic mass is 10.0. The molecule has 4 N–H and O–H groups in total. The van der Waals surface area contributed by atoms with Crippen molar-refractivity contribution in [3.8, 4) is 0 Å². The van der Waals surface area contributed by atoms with Crippen LogP contribution < -0.4 is 11.1 Å². The molecule has 9 nitrogen and oxygen atoms in total. The molecule has 1 saturated carbocycles. The Bertz CT molecular complexity index is 1590. The van der Waals surface area contributed by atoms with E-state index in [0.29, 0.717) is 33.8 Å². The van der Waals surface area contributed by atoms with E-state index in [4.69, 9.17) is 5.73 Å². The zero-order chi connectivity index (χ0) is 28.3. The molecular weight excluding hydrogens is 528 g/mol. The van der Waals surface area contributed by atoms with Crippen LogP contribution in [-0.2, 0) is 12.7 Å². The van der Waals surface area contributed by atoms with Crippen LogP contribution in [0.5, 0.6) is 0 Å². The first-order chi connectivity index (χ1) is 19.2. The van der Waals surface area contributed by atoms with E-state index in [1.165, 1.54) is 30.9 Å². The van der Waals surface area contributed by atoms with Gasteiger partial charge >= 0.3 is 6.18 Å². The predicted molar refractivity (Wildman–Crippen MR) is 140 cm³/mol. The van der Waals surface area contributed by atoms with E-state index in [1.807, 2.05) is 0 Å². The number of imidazole rings is 1. The summed E-state index contributed by atoms with van der Waals surface area (Å²) in [7, 11) is 0. The molecule has 5 rings (SSSR count). The average molecular weight is 553 g/mol. The van der Waals surface area contributed by atoms with Crippen molar-refractivity contribution in [2.45, 2.75) is 44.3 Å². The fraction of sp³-hybridized carbons (Fsp3) is 0.259. The van der Waals surface area contributed by atoms with Crippen LogP contribution in [0.25, 0.3) is 16.7 Å². The van der Waals surface area contributed by atoms with Crippen LogP contribution in [0.2, 0.25) is 0 Å². The maximum absolute atomic E-state index is 14.5. The zero-order valence-electron chi connectivity index (χ0n) is 21.0. The molecule has 1 aliphatic carbocycles. The number of aromatic nitrogens is 5. The number of carbonyl (C=O) groups excluding carboxylic acids is 1. The Kier molecular flexibility index (Phi) is 7.54. The summed E-state index contributed by atoms with van der Waals surface area (Å²) in [6, 6.07) is 6.07. The van der Waals surface area contributed by atoms with Crippen molar-refractivity contribution in [3.63, 3.8) is 0 Å². The number of aliphatic imine (C=N–C) groups is 1. The first-order valence-electron chi connectivity index (χ1n) is 12.5. The highest BCUT2D eigenvalue weighted by Crippen LogP contribution is 2.33. The summed E-state index contributed by atoms with van der Waals surface area (Å²) in [6.45, 7) is -0.0173. The highest BCUT2D eigenvalue weighted by Gasteiger charge is 2.32. The van der Waals surface area contributed by atoms with Crippen molar-refractivity contribution in [2.24, 2.45) is 10.7 Å². The molecule has 3 aromatic heterocycles. The first kappa shape index (κ1) is 26.9. The van der Waals surface area contributed by atoms with Crippen LogP contribution in [0, 0.1) is 5.82 Å². The molecule has 206 valence electrons. The molecule has 4 aromatic rings. The molecule has 0 aliphatic heterocycles. The molecule has 0 saturated heterocycles. The summed E-state index contributed by atoms with van der Waals surface area (Å²) < 4.78 is 52.6. The second-order valence-electron chi connectivity index (χ2n) is 9.33. The van der Waals surface area contributed by atoms with Crippen LogP contribution in [0.4, 0.5) is 23.2 Å². The number of fused-ring (bicyclic) bond motifs is 1. The molecule has 40 heavy (non-hydrogen) atoms. The maximum atomic E-state index is 14.5. The lowest BCUT2D eigenvalue weighted by Gasteiger charge is -2.09. The Morgan fingerprint density at radius 2 is 1.95 bits per heavy atom. The third-order valence-electron chi connectivity index (χ3n) is 6.58. The summed E-state index contributed by atoms with van der Waals surface area (Å²) in [6.07, 6.45) is 4.50. The van der Waals surface area contributed by atoms with Crippen LogP contribution in [0.15, 0.2) is 54.0 Å². The summed E-state index contributed by atoms with van der Waals surface area (Å²) in [5, 5.41) is 2.74. The normalized spacial score (nSPS) is 14.8. The zero-order valence-corrected chi connectivity index (χ0v) is 21.0. The summed E-state index contributed by atoms with van der Waals surface area (Å²) in [5.74, 6) is 0.0435. The molecule has 1 aromatic carbocycles. The molecule has 1 fully saturated rings. The van der Waals surface area contributed by atoms with E-state index in [-0.39, 0.29) is 17.9 Å². The SMILES string of the molecule is NC=C(C=Nc1ccc(C(F)(F)F)nc1)c1cc(F)cc(CNC(=O)c2ncnc3nc(C4CCCC4)[nH]c23)c1. The molecule has 0 unspecified atom stereocenters. The van der Waals surface area contributed by atoms with Crippen LogP contribution in [0.1, 0.15) is 64.7 Å². The number of nitrogens with two attached hydrogens (primary N) is 1. The molecule has 13 heteroatoms. The first-order valence-corrected chi connectivity index (χ1v) is 12.5. The summed E-state index contributed by atoms with van der Waals surface area (Å²) >= 11 is 0. The molecular formula is C27H24F4N8O. The number of amides is 1. The molecule has 0 spiro atoms. The molecule has 0 atom stereocenters. The Hall–Kier alpha value is -4.68. The number of allylic oxidation sites excluding steroid dienone is 1. The van der Waals surface area contributed by atoms with E-state index in [9.17, 15) is 22.4 Å². The Morgan fingerprint density at radius 3 is 2.65 bits per heavy atom. The minimum absolute atomic E-state index is 0.0173. The Labute approximate surface area is 225 Å². The average Bonchev–Trinajstić information content (AvgIpc) is 3.62. The van der Waals surface area contributed by atoms with Gasteiger partial charge in [0.25, 0.3) is 5.91 Å². The van der Waals surface area contributed by atoms with Gasteiger partial charge in [-0.3, -0.25) is 9.79 Å². The van der Waals surface area contributed by atoms with Gasteiger partial charge in [-0.05, 0) is 54.3 Å². The minimum atomic E-state index is -4.56. The number of halogens is 4. The van der Waals surface area contributed by atoms with Crippen LogP contribution in [-0.4, -0.2) is 37.0 Å². The van der Waals surface area contributed by atoms with Gasteiger partial charge in [-0.15, -0.1) is 0 Å². The van der Waals surface area contributed by atoms with Gasteiger partial charge in [0.15, 0.2) is 11.3 Å². The van der Waals surface area contributed by atoms with E-state index in [1.54, 1.807) is 6.07 Å². The fourth-order valence-electron chi connectivity index (χ4n) is 4.58. The molecule has 0 bridgehead atoms. The lowest BCUT2D eigenvalue weighted by Crippen LogP contribution is -2.24. The van der Waals surface area contributed by atoms with Crippen molar-refractivity contribution in [1.29, 1.82) is 0 Å². The van der Waals surface area contributed by atoms with Crippen molar-refractivity contribution in [1.82, 2.24) is 30.2 Å². The number of H-pyrrole nitrogens is 1. The van der Waals surface area contributed by atoms with Gasteiger partial charge in [0.1, 0.15) is 29.2 Å². The van der Waals surface area contributed by atoms with Gasteiger partial charge in [-0.25, -0.2) is 24.3 Å². The number of pyridine rings is 1. The van der Waals surface area contributed by atoms with Gasteiger partial charge in [-0.2, -0.15) is 13.2 Å². The third-order valence-corrected chi connectivity index (χ3v) is 6.58. The molecule has 3 heterocycles. The van der Waals surface area contributed by atoms with Crippen LogP contribution >= 0.6 is 0 Å². The summed E-state index contributed by atoms with van der Waals surface area (Å²) in [5.41, 5.74) is 6.93.